The molecular weight excluding hydrogens is 410 g/mol. The van der Waals surface area contributed by atoms with Crippen LogP contribution in [0.2, 0.25) is 0 Å². The maximum atomic E-state index is 11.8. The zero-order chi connectivity index (χ0) is 20.6. The molecule has 0 saturated carbocycles. The number of methoxy groups -OCH3 is 1. The van der Waals surface area contributed by atoms with Crippen LogP contribution in [0, 0.1) is 0 Å². The van der Waals surface area contributed by atoms with Crippen molar-refractivity contribution in [1.82, 2.24) is 5.32 Å². The van der Waals surface area contributed by atoms with Crippen molar-refractivity contribution >= 4 is 40.3 Å². The van der Waals surface area contributed by atoms with Gasteiger partial charge >= 0.3 is 0 Å². The van der Waals surface area contributed by atoms with Crippen LogP contribution in [0.3, 0.4) is 0 Å². The van der Waals surface area contributed by atoms with E-state index in [1.807, 2.05) is 49.4 Å². The maximum Gasteiger partial charge on any atom is 0.263 e. The zero-order valence-corrected chi connectivity index (χ0v) is 17.7. The first-order chi connectivity index (χ1) is 14.1. The van der Waals surface area contributed by atoms with Gasteiger partial charge < -0.3 is 24.3 Å². The number of para-hydroxylation sites is 2. The van der Waals surface area contributed by atoms with Gasteiger partial charge in [-0.25, -0.2) is 0 Å². The van der Waals surface area contributed by atoms with Gasteiger partial charge in [-0.3, -0.25) is 4.79 Å². The summed E-state index contributed by atoms with van der Waals surface area (Å²) < 4.78 is 23.0. The highest BCUT2D eigenvalue weighted by Gasteiger charge is 2.22. The molecule has 6 nitrogen and oxygen atoms in total. The minimum Gasteiger partial charge on any atom is -0.493 e. The highest BCUT2D eigenvalue weighted by Crippen LogP contribution is 2.32. The molecule has 2 aromatic rings. The Balaban J connectivity index is 1.64. The molecule has 0 bridgehead atoms. The molecule has 152 valence electrons. The number of hydrogen-bond donors (Lipinski definition) is 1. The van der Waals surface area contributed by atoms with Gasteiger partial charge in [-0.2, -0.15) is 0 Å². The smallest absolute Gasteiger partial charge is 0.263 e. The van der Waals surface area contributed by atoms with Crippen molar-refractivity contribution in [1.29, 1.82) is 0 Å². The summed E-state index contributed by atoms with van der Waals surface area (Å²) in [6.07, 6.45) is 1.77. The summed E-state index contributed by atoms with van der Waals surface area (Å²) in [5.74, 6) is 2.36. The van der Waals surface area contributed by atoms with Gasteiger partial charge in [0.05, 0.1) is 18.6 Å². The van der Waals surface area contributed by atoms with Crippen LogP contribution >= 0.6 is 24.0 Å². The number of nitrogens with one attached hydrogen (secondary N) is 1. The van der Waals surface area contributed by atoms with E-state index in [1.165, 1.54) is 11.8 Å². The second-order valence-corrected chi connectivity index (χ2v) is 7.56. The Hall–Kier alpha value is -2.71. The quantitative estimate of drug-likeness (QED) is 0.365. The average Bonchev–Trinajstić information content (AvgIpc) is 3.03. The molecule has 1 aliphatic rings. The third-order valence-corrected chi connectivity index (χ3v) is 5.04. The minimum atomic E-state index is -0.188. The number of amides is 1. The second kappa shape index (κ2) is 10.2. The van der Waals surface area contributed by atoms with E-state index in [0.29, 0.717) is 52.0 Å². The lowest BCUT2D eigenvalue weighted by molar-refractivity contribution is -0.115. The van der Waals surface area contributed by atoms with Crippen molar-refractivity contribution < 1.29 is 23.7 Å². The Morgan fingerprint density at radius 1 is 1.00 bits per heavy atom. The Kier molecular flexibility index (Phi) is 7.37. The molecule has 1 fully saturated rings. The first-order valence-electron chi connectivity index (χ1n) is 9.01. The molecule has 1 saturated heterocycles. The van der Waals surface area contributed by atoms with E-state index in [-0.39, 0.29) is 5.91 Å². The third-order valence-electron chi connectivity index (χ3n) is 3.87. The van der Waals surface area contributed by atoms with Gasteiger partial charge in [-0.15, -0.1) is 0 Å². The Labute approximate surface area is 179 Å². The standard InChI is InChI=1S/C21H21NO5S2/c1-3-25-18-12-14(13-19-20(23)22-21(28)29-19)8-9-17(18)27-11-10-26-16-7-5-4-6-15(16)24-2/h4-9,12-13H,3,10-11H2,1-2H3,(H,22,23,28). The first kappa shape index (κ1) is 21.0. The average molecular weight is 432 g/mol. The molecule has 3 rings (SSSR count). The number of carbonyl (C=O) groups is 1. The van der Waals surface area contributed by atoms with Crippen molar-refractivity contribution in [3.05, 3.63) is 52.9 Å². The van der Waals surface area contributed by atoms with Crippen molar-refractivity contribution in [2.75, 3.05) is 26.9 Å². The number of benzene rings is 2. The van der Waals surface area contributed by atoms with Crippen molar-refractivity contribution in [3.63, 3.8) is 0 Å². The predicted molar refractivity (Wildman–Crippen MR) is 118 cm³/mol. The second-order valence-electron chi connectivity index (χ2n) is 5.84. The molecule has 1 aliphatic heterocycles. The first-order valence-corrected chi connectivity index (χ1v) is 10.2. The van der Waals surface area contributed by atoms with Crippen molar-refractivity contribution in [2.45, 2.75) is 6.92 Å². The van der Waals surface area contributed by atoms with Crippen molar-refractivity contribution in [3.8, 4) is 23.0 Å². The van der Waals surface area contributed by atoms with E-state index >= 15 is 0 Å². The number of ether oxygens (including phenoxy) is 4. The van der Waals surface area contributed by atoms with Gasteiger partial charge in [0.2, 0.25) is 0 Å². The lowest BCUT2D eigenvalue weighted by atomic mass is 10.2. The summed E-state index contributed by atoms with van der Waals surface area (Å²) in [6, 6.07) is 13.0. The molecule has 0 spiro atoms. The van der Waals surface area contributed by atoms with Crippen LogP contribution in [0.25, 0.3) is 6.08 Å². The van der Waals surface area contributed by atoms with E-state index in [4.69, 9.17) is 31.2 Å². The number of thioether (sulfide) groups is 1. The monoisotopic (exact) mass is 431 g/mol. The van der Waals surface area contributed by atoms with Crippen LogP contribution in [0.4, 0.5) is 0 Å². The number of carbonyl (C=O) groups excluding carboxylic acids is 1. The van der Waals surface area contributed by atoms with Crippen LogP contribution < -0.4 is 24.3 Å². The van der Waals surface area contributed by atoms with Crippen LogP contribution in [-0.4, -0.2) is 37.2 Å². The topological polar surface area (TPSA) is 66.0 Å². The summed E-state index contributed by atoms with van der Waals surface area (Å²) in [5.41, 5.74) is 0.827. The lowest BCUT2D eigenvalue weighted by Crippen LogP contribution is -2.17. The maximum absolute atomic E-state index is 11.8. The highest BCUT2D eigenvalue weighted by molar-refractivity contribution is 8.26. The number of rotatable bonds is 9. The predicted octanol–water partition coefficient (Wildman–Crippen LogP) is 4.04. The summed E-state index contributed by atoms with van der Waals surface area (Å²) in [4.78, 5) is 12.4. The molecule has 29 heavy (non-hydrogen) atoms. The van der Waals surface area contributed by atoms with Crippen LogP contribution in [-0.2, 0) is 4.79 Å². The molecule has 0 aliphatic carbocycles. The van der Waals surface area contributed by atoms with Gasteiger partial charge in [-0.1, -0.05) is 42.2 Å². The molecule has 1 amide bonds. The van der Waals surface area contributed by atoms with Gasteiger partial charge in [0, 0.05) is 0 Å². The number of thiocarbonyl (C=S) groups is 1. The molecule has 1 N–H and O–H groups in total. The van der Waals surface area contributed by atoms with Gasteiger partial charge in [0.15, 0.2) is 23.0 Å². The molecule has 1 heterocycles. The fourth-order valence-electron chi connectivity index (χ4n) is 2.62. The van der Waals surface area contributed by atoms with Gasteiger partial charge in [0.1, 0.15) is 17.5 Å². The van der Waals surface area contributed by atoms with Crippen LogP contribution in [0.5, 0.6) is 23.0 Å². The summed E-state index contributed by atoms with van der Waals surface area (Å²) in [6.45, 7) is 3.09. The van der Waals surface area contributed by atoms with E-state index in [1.54, 1.807) is 13.2 Å². The zero-order valence-electron chi connectivity index (χ0n) is 16.1. The Morgan fingerprint density at radius 3 is 2.31 bits per heavy atom. The molecule has 0 radical (unpaired) electrons. The molecule has 0 aromatic heterocycles. The fraction of sp³-hybridized carbons (Fsp3) is 0.238. The van der Waals surface area contributed by atoms with Crippen LogP contribution in [0.15, 0.2) is 47.4 Å². The summed E-state index contributed by atoms with van der Waals surface area (Å²) >= 11 is 6.26. The molecule has 0 unspecified atom stereocenters. The van der Waals surface area contributed by atoms with Gasteiger partial charge in [-0.05, 0) is 42.8 Å². The molecule has 0 atom stereocenters. The molecule has 8 heteroatoms. The largest absolute Gasteiger partial charge is 0.493 e. The highest BCUT2D eigenvalue weighted by atomic mass is 32.2. The van der Waals surface area contributed by atoms with E-state index < -0.39 is 0 Å². The SMILES string of the molecule is CCOc1cc(C=C2SC(=S)NC2=O)ccc1OCCOc1ccccc1OC. The summed E-state index contributed by atoms with van der Waals surface area (Å²) in [7, 11) is 1.60. The Morgan fingerprint density at radius 2 is 1.69 bits per heavy atom. The van der Waals surface area contributed by atoms with E-state index in [9.17, 15) is 4.79 Å². The fourth-order valence-corrected chi connectivity index (χ4v) is 3.66. The van der Waals surface area contributed by atoms with Crippen molar-refractivity contribution in [2.24, 2.45) is 0 Å². The third kappa shape index (κ3) is 5.65. The Bertz CT molecular complexity index is 929. The number of hydrogen-bond acceptors (Lipinski definition) is 7. The van der Waals surface area contributed by atoms with E-state index in [2.05, 4.69) is 5.32 Å². The minimum absolute atomic E-state index is 0.188. The summed E-state index contributed by atoms with van der Waals surface area (Å²) in [5, 5.41) is 2.60. The normalized spacial score (nSPS) is 14.6. The molecule has 2 aromatic carbocycles. The van der Waals surface area contributed by atoms with E-state index in [0.717, 1.165) is 5.56 Å². The molecular formula is C21H21NO5S2. The lowest BCUT2D eigenvalue weighted by Gasteiger charge is -2.14. The van der Waals surface area contributed by atoms with Crippen LogP contribution in [0.1, 0.15) is 12.5 Å². The van der Waals surface area contributed by atoms with Gasteiger partial charge in [0.25, 0.3) is 5.91 Å².